The van der Waals surface area contributed by atoms with Crippen molar-refractivity contribution in [2.75, 3.05) is 0 Å². The van der Waals surface area contributed by atoms with Gasteiger partial charge in [0.15, 0.2) is 0 Å². The summed E-state index contributed by atoms with van der Waals surface area (Å²) in [6.45, 7) is 2.25. The zero-order valence-corrected chi connectivity index (χ0v) is 10.9. The molecule has 0 nitrogen and oxygen atoms in total. The van der Waals surface area contributed by atoms with E-state index in [2.05, 4.69) is 37.3 Å². The maximum Gasteiger partial charge on any atom is 0 e. The molecule has 1 heteroatoms. The van der Waals surface area contributed by atoms with Crippen molar-refractivity contribution in [1.29, 1.82) is 0 Å². The van der Waals surface area contributed by atoms with Gasteiger partial charge in [-0.2, -0.15) is 0 Å². The molecule has 13 heavy (non-hydrogen) atoms. The largest absolute Gasteiger partial charge is 0.0654 e. The van der Waals surface area contributed by atoms with Gasteiger partial charge in [-0.1, -0.05) is 56.5 Å². The van der Waals surface area contributed by atoms with Crippen LogP contribution in [0.2, 0.25) is 0 Å². The summed E-state index contributed by atoms with van der Waals surface area (Å²) in [6, 6.07) is 10.7. The van der Waals surface area contributed by atoms with Crippen LogP contribution in [0.4, 0.5) is 0 Å². The fraction of sp³-hybridized carbons (Fsp3) is 0.500. The number of hydrogen-bond acceptors (Lipinski definition) is 0. The molecule has 67 valence electrons. The summed E-state index contributed by atoms with van der Waals surface area (Å²) in [5, 5.41) is 0. The molecule has 1 rings (SSSR count). The molecule has 0 unspecified atom stereocenters. The molecule has 1 aromatic rings. The van der Waals surface area contributed by atoms with E-state index in [0.717, 1.165) is 0 Å². The Morgan fingerprint density at radius 2 is 1.62 bits per heavy atom. The Morgan fingerprint density at radius 3 is 2.23 bits per heavy atom. The first kappa shape index (κ1) is 13.2. The smallest absolute Gasteiger partial charge is 0 e. The van der Waals surface area contributed by atoms with E-state index in [1.807, 2.05) is 0 Å². The van der Waals surface area contributed by atoms with E-state index < -0.39 is 0 Å². The molecule has 0 amide bonds. The van der Waals surface area contributed by atoms with Crippen LogP contribution in [0, 0.1) is 0 Å². The molecule has 0 atom stereocenters. The average molecular weight is 185 g/mol. The Morgan fingerprint density at radius 1 is 0.923 bits per heavy atom. The van der Waals surface area contributed by atoms with Crippen molar-refractivity contribution < 1.29 is 0 Å². The number of benzene rings is 1. The number of hydrogen-bond donors (Lipinski definition) is 0. The third kappa shape index (κ3) is 6.31. The van der Waals surface area contributed by atoms with Gasteiger partial charge in [-0.05, 0) is 18.4 Å². The molecule has 0 saturated carbocycles. The maximum atomic E-state index is 2.25. The Bertz CT molecular complexity index is 194. The standard InChI is InChI=1S/C12H18.Na/c1-2-3-4-6-9-12-10-7-5-8-11-12;/h5,7-8,10-11H,2-4,6,9H2,1H3;. The summed E-state index contributed by atoms with van der Waals surface area (Å²) in [5.41, 5.74) is 1.48. The van der Waals surface area contributed by atoms with Crippen molar-refractivity contribution in [1.82, 2.24) is 0 Å². The molecule has 0 fully saturated rings. The van der Waals surface area contributed by atoms with Gasteiger partial charge < -0.3 is 0 Å². The van der Waals surface area contributed by atoms with Crippen LogP contribution in [0.25, 0.3) is 0 Å². The van der Waals surface area contributed by atoms with Crippen molar-refractivity contribution in [3.8, 4) is 0 Å². The molecule has 0 aliphatic rings. The van der Waals surface area contributed by atoms with Crippen molar-refractivity contribution in [3.05, 3.63) is 35.9 Å². The normalized spacial score (nSPS) is 9.31. The average Bonchev–Trinajstić information content (AvgIpc) is 2.14. The van der Waals surface area contributed by atoms with E-state index in [0.29, 0.717) is 0 Å². The quantitative estimate of drug-likeness (QED) is 0.487. The second kappa shape index (κ2) is 8.80. The summed E-state index contributed by atoms with van der Waals surface area (Å²) in [7, 11) is 0. The minimum atomic E-state index is 0. The topological polar surface area (TPSA) is 0 Å². The molecule has 1 aromatic carbocycles. The number of aryl methyl sites for hydroxylation is 1. The van der Waals surface area contributed by atoms with Crippen LogP contribution in [0.3, 0.4) is 0 Å². The van der Waals surface area contributed by atoms with E-state index in [4.69, 9.17) is 0 Å². The zero-order valence-electron chi connectivity index (χ0n) is 8.92. The maximum absolute atomic E-state index is 2.25. The molecule has 0 N–H and O–H groups in total. The first-order chi connectivity index (χ1) is 5.93. The molecular formula is C12H18Na. The van der Waals surface area contributed by atoms with Gasteiger partial charge in [0, 0.05) is 29.6 Å². The van der Waals surface area contributed by atoms with E-state index in [-0.39, 0.29) is 29.6 Å². The fourth-order valence-electron chi connectivity index (χ4n) is 1.40. The van der Waals surface area contributed by atoms with Gasteiger partial charge >= 0.3 is 0 Å². The van der Waals surface area contributed by atoms with Crippen LogP contribution in [0.5, 0.6) is 0 Å². The minimum absolute atomic E-state index is 0. The summed E-state index contributed by atoms with van der Waals surface area (Å²) < 4.78 is 0. The molecule has 0 spiro atoms. The molecule has 0 heterocycles. The van der Waals surface area contributed by atoms with Gasteiger partial charge in [0.2, 0.25) is 0 Å². The van der Waals surface area contributed by atoms with Gasteiger partial charge in [0.25, 0.3) is 0 Å². The molecule has 0 aliphatic carbocycles. The Balaban J connectivity index is 0.00000144. The first-order valence-electron chi connectivity index (χ1n) is 4.97. The van der Waals surface area contributed by atoms with Crippen molar-refractivity contribution >= 4 is 29.6 Å². The Hall–Kier alpha value is 0.220. The summed E-state index contributed by atoms with van der Waals surface area (Å²) in [5.74, 6) is 0. The molecule has 1 radical (unpaired) electrons. The van der Waals surface area contributed by atoms with E-state index >= 15 is 0 Å². The molecular weight excluding hydrogens is 167 g/mol. The molecule has 0 aromatic heterocycles. The van der Waals surface area contributed by atoms with Crippen molar-refractivity contribution in [2.24, 2.45) is 0 Å². The Labute approximate surface area is 104 Å². The van der Waals surface area contributed by atoms with E-state index in [9.17, 15) is 0 Å². The summed E-state index contributed by atoms with van der Waals surface area (Å²) in [4.78, 5) is 0. The zero-order chi connectivity index (χ0) is 8.65. The van der Waals surface area contributed by atoms with Gasteiger partial charge in [-0.3, -0.25) is 0 Å². The summed E-state index contributed by atoms with van der Waals surface area (Å²) in [6.07, 6.45) is 6.69. The van der Waals surface area contributed by atoms with Gasteiger partial charge in [0.1, 0.15) is 0 Å². The Kier molecular flexibility index (Phi) is 8.95. The second-order valence-electron chi connectivity index (χ2n) is 3.30. The predicted molar refractivity (Wildman–Crippen MR) is 60.0 cm³/mol. The van der Waals surface area contributed by atoms with Crippen LogP contribution in [-0.4, -0.2) is 29.6 Å². The van der Waals surface area contributed by atoms with Crippen LogP contribution < -0.4 is 0 Å². The predicted octanol–water partition coefficient (Wildman–Crippen LogP) is 3.43. The fourth-order valence-corrected chi connectivity index (χ4v) is 1.40. The van der Waals surface area contributed by atoms with Gasteiger partial charge in [0.05, 0.1) is 0 Å². The van der Waals surface area contributed by atoms with Crippen LogP contribution >= 0.6 is 0 Å². The molecule has 0 saturated heterocycles. The van der Waals surface area contributed by atoms with E-state index in [1.54, 1.807) is 0 Å². The third-order valence-corrected chi connectivity index (χ3v) is 2.16. The van der Waals surface area contributed by atoms with Gasteiger partial charge in [-0.15, -0.1) is 0 Å². The minimum Gasteiger partial charge on any atom is -0.0654 e. The van der Waals surface area contributed by atoms with Crippen molar-refractivity contribution in [2.45, 2.75) is 39.0 Å². The number of unbranched alkanes of at least 4 members (excludes halogenated alkanes) is 3. The van der Waals surface area contributed by atoms with Gasteiger partial charge in [-0.25, -0.2) is 0 Å². The second-order valence-corrected chi connectivity index (χ2v) is 3.30. The first-order valence-corrected chi connectivity index (χ1v) is 4.97. The monoisotopic (exact) mass is 185 g/mol. The number of rotatable bonds is 5. The third-order valence-electron chi connectivity index (χ3n) is 2.16. The molecule has 0 bridgehead atoms. The van der Waals surface area contributed by atoms with Crippen LogP contribution in [0.15, 0.2) is 30.3 Å². The van der Waals surface area contributed by atoms with Crippen LogP contribution in [0.1, 0.15) is 38.2 Å². The van der Waals surface area contributed by atoms with Crippen molar-refractivity contribution in [3.63, 3.8) is 0 Å². The summed E-state index contributed by atoms with van der Waals surface area (Å²) >= 11 is 0. The SMILES string of the molecule is CCCCCCc1ccccc1.[Na]. The van der Waals surface area contributed by atoms with E-state index in [1.165, 1.54) is 37.7 Å². The molecule has 0 aliphatic heterocycles. The van der Waals surface area contributed by atoms with Crippen LogP contribution in [-0.2, 0) is 6.42 Å².